The average molecular weight is 313 g/mol. The van der Waals surface area contributed by atoms with Gasteiger partial charge in [-0.25, -0.2) is 4.98 Å². The number of thiazole rings is 1. The Hall–Kier alpha value is -0.0600. The minimum absolute atomic E-state index is 0.652. The Kier molecular flexibility index (Phi) is 6.85. The predicted octanol–water partition coefficient (Wildman–Crippen LogP) is 4.45. The molecular weight excluding hydrogens is 284 g/mol. The van der Waals surface area contributed by atoms with Crippen molar-refractivity contribution in [3.05, 3.63) is 15.6 Å². The Morgan fingerprint density at radius 2 is 2.30 bits per heavy atom. The standard InChI is InChI=1S/C16H28N2S2/c1-4-8-19-11-15-18-16-13(10-17-9-12(2)3)6-5-7-14(16)20-15/h12-13,17H,4-11H2,1-3H3. The van der Waals surface area contributed by atoms with Crippen LogP contribution in [-0.2, 0) is 12.2 Å². The van der Waals surface area contributed by atoms with E-state index in [0.717, 1.165) is 24.8 Å². The number of hydrogen-bond donors (Lipinski definition) is 1. The highest BCUT2D eigenvalue weighted by molar-refractivity contribution is 7.98. The largest absolute Gasteiger partial charge is 0.316 e. The molecule has 1 aromatic rings. The van der Waals surface area contributed by atoms with Crippen molar-refractivity contribution in [3.63, 3.8) is 0 Å². The maximum absolute atomic E-state index is 4.96. The Morgan fingerprint density at radius 3 is 3.05 bits per heavy atom. The van der Waals surface area contributed by atoms with Crippen molar-refractivity contribution in [2.75, 3.05) is 18.8 Å². The fraction of sp³-hybridized carbons (Fsp3) is 0.812. The lowest BCUT2D eigenvalue weighted by Crippen LogP contribution is -2.27. The monoisotopic (exact) mass is 312 g/mol. The molecule has 1 N–H and O–H groups in total. The zero-order valence-electron chi connectivity index (χ0n) is 13.1. The van der Waals surface area contributed by atoms with Crippen molar-refractivity contribution in [2.45, 2.75) is 58.1 Å². The number of nitrogens with zero attached hydrogens (tertiary/aromatic N) is 1. The average Bonchev–Trinajstić information content (AvgIpc) is 2.82. The van der Waals surface area contributed by atoms with Crippen LogP contribution in [0.2, 0.25) is 0 Å². The van der Waals surface area contributed by atoms with Gasteiger partial charge in [-0.2, -0.15) is 11.8 Å². The van der Waals surface area contributed by atoms with E-state index in [1.54, 1.807) is 4.88 Å². The summed E-state index contributed by atoms with van der Waals surface area (Å²) >= 11 is 3.99. The van der Waals surface area contributed by atoms with Crippen molar-refractivity contribution in [1.29, 1.82) is 0 Å². The maximum atomic E-state index is 4.96. The molecule has 1 heterocycles. The first-order valence-electron chi connectivity index (χ1n) is 7.97. The lowest BCUT2D eigenvalue weighted by molar-refractivity contribution is 0.472. The zero-order chi connectivity index (χ0) is 14.4. The summed E-state index contributed by atoms with van der Waals surface area (Å²) in [5, 5.41) is 4.97. The summed E-state index contributed by atoms with van der Waals surface area (Å²) in [4.78, 5) is 6.53. The summed E-state index contributed by atoms with van der Waals surface area (Å²) in [6.07, 6.45) is 5.16. The number of nitrogens with one attached hydrogen (secondary N) is 1. The Labute approximate surface area is 132 Å². The molecule has 4 heteroatoms. The smallest absolute Gasteiger partial charge is 0.103 e. The Balaban J connectivity index is 1.92. The van der Waals surface area contributed by atoms with Gasteiger partial charge in [-0.1, -0.05) is 20.8 Å². The van der Waals surface area contributed by atoms with Crippen LogP contribution in [0.1, 0.15) is 61.5 Å². The van der Waals surface area contributed by atoms with Gasteiger partial charge >= 0.3 is 0 Å². The first kappa shape index (κ1) is 16.3. The third-order valence-corrected chi connectivity index (χ3v) is 6.12. The van der Waals surface area contributed by atoms with Crippen LogP contribution in [0, 0.1) is 5.92 Å². The van der Waals surface area contributed by atoms with Gasteiger partial charge in [-0.3, -0.25) is 0 Å². The third-order valence-electron chi connectivity index (χ3n) is 3.63. The molecule has 1 aromatic heterocycles. The number of rotatable bonds is 8. The first-order chi connectivity index (χ1) is 9.70. The van der Waals surface area contributed by atoms with E-state index in [9.17, 15) is 0 Å². The van der Waals surface area contributed by atoms with E-state index in [2.05, 4.69) is 26.1 Å². The molecule has 1 aliphatic carbocycles. The minimum atomic E-state index is 0.652. The lowest BCUT2D eigenvalue weighted by atomic mass is 9.91. The summed E-state index contributed by atoms with van der Waals surface area (Å²) in [6.45, 7) is 9.01. The topological polar surface area (TPSA) is 24.9 Å². The summed E-state index contributed by atoms with van der Waals surface area (Å²) in [5.41, 5.74) is 1.42. The third kappa shape index (κ3) is 4.74. The summed E-state index contributed by atoms with van der Waals surface area (Å²) in [5.74, 6) is 3.74. The van der Waals surface area contributed by atoms with Crippen molar-refractivity contribution >= 4 is 23.1 Å². The number of aryl methyl sites for hydroxylation is 1. The van der Waals surface area contributed by atoms with E-state index in [1.807, 2.05) is 23.1 Å². The molecular formula is C16H28N2S2. The van der Waals surface area contributed by atoms with E-state index >= 15 is 0 Å². The fourth-order valence-corrected chi connectivity index (χ4v) is 4.82. The molecule has 0 bridgehead atoms. The number of hydrogen-bond acceptors (Lipinski definition) is 4. The van der Waals surface area contributed by atoms with Crippen LogP contribution >= 0.6 is 23.1 Å². The lowest BCUT2D eigenvalue weighted by Gasteiger charge is -2.22. The van der Waals surface area contributed by atoms with E-state index in [0.29, 0.717) is 5.92 Å². The molecule has 0 amide bonds. The zero-order valence-corrected chi connectivity index (χ0v) is 14.7. The molecule has 2 nitrogen and oxygen atoms in total. The van der Waals surface area contributed by atoms with Gasteiger partial charge in [0.25, 0.3) is 0 Å². The molecule has 20 heavy (non-hydrogen) atoms. The van der Waals surface area contributed by atoms with Crippen molar-refractivity contribution in [3.8, 4) is 0 Å². The van der Waals surface area contributed by atoms with E-state index in [1.165, 1.54) is 42.1 Å². The van der Waals surface area contributed by atoms with Crippen LogP contribution in [0.5, 0.6) is 0 Å². The summed E-state index contributed by atoms with van der Waals surface area (Å²) in [6, 6.07) is 0. The molecule has 0 fully saturated rings. The molecule has 1 aliphatic rings. The molecule has 0 aliphatic heterocycles. The van der Waals surface area contributed by atoms with Gasteiger partial charge in [0.15, 0.2) is 0 Å². The quantitative estimate of drug-likeness (QED) is 0.718. The predicted molar refractivity (Wildman–Crippen MR) is 92.0 cm³/mol. The van der Waals surface area contributed by atoms with E-state index in [-0.39, 0.29) is 0 Å². The second kappa shape index (κ2) is 8.40. The second-order valence-electron chi connectivity index (χ2n) is 6.11. The van der Waals surface area contributed by atoms with Gasteiger partial charge < -0.3 is 5.32 Å². The van der Waals surface area contributed by atoms with E-state index < -0.39 is 0 Å². The summed E-state index contributed by atoms with van der Waals surface area (Å²) < 4.78 is 0. The highest BCUT2D eigenvalue weighted by atomic mass is 32.2. The van der Waals surface area contributed by atoms with Crippen LogP contribution < -0.4 is 5.32 Å². The molecule has 1 unspecified atom stereocenters. The van der Waals surface area contributed by atoms with Crippen molar-refractivity contribution in [1.82, 2.24) is 10.3 Å². The van der Waals surface area contributed by atoms with Gasteiger partial charge in [0.2, 0.25) is 0 Å². The molecule has 0 radical (unpaired) electrons. The molecule has 1 atom stereocenters. The highest BCUT2D eigenvalue weighted by Crippen LogP contribution is 2.35. The van der Waals surface area contributed by atoms with Crippen LogP contribution in [0.3, 0.4) is 0 Å². The van der Waals surface area contributed by atoms with Crippen LogP contribution in [-0.4, -0.2) is 23.8 Å². The van der Waals surface area contributed by atoms with Crippen molar-refractivity contribution in [2.24, 2.45) is 5.92 Å². The molecule has 0 saturated carbocycles. The number of fused-ring (bicyclic) bond motifs is 1. The normalized spacial score (nSPS) is 18.5. The number of thioether (sulfide) groups is 1. The Bertz CT molecular complexity index is 401. The van der Waals surface area contributed by atoms with Gasteiger partial charge in [-0.05, 0) is 43.9 Å². The SMILES string of the molecule is CCCSCc1nc2c(s1)CCCC2CNCC(C)C. The highest BCUT2D eigenvalue weighted by Gasteiger charge is 2.24. The summed E-state index contributed by atoms with van der Waals surface area (Å²) in [7, 11) is 0. The van der Waals surface area contributed by atoms with Gasteiger partial charge in [0.05, 0.1) is 5.69 Å². The van der Waals surface area contributed by atoms with Gasteiger partial charge in [0, 0.05) is 23.1 Å². The first-order valence-corrected chi connectivity index (χ1v) is 9.94. The number of aromatic nitrogens is 1. The fourth-order valence-electron chi connectivity index (χ4n) is 2.67. The molecule has 0 spiro atoms. The van der Waals surface area contributed by atoms with Crippen LogP contribution in [0.25, 0.3) is 0 Å². The van der Waals surface area contributed by atoms with Crippen LogP contribution in [0.4, 0.5) is 0 Å². The molecule has 2 rings (SSSR count). The van der Waals surface area contributed by atoms with Crippen molar-refractivity contribution < 1.29 is 0 Å². The second-order valence-corrected chi connectivity index (χ2v) is 8.38. The van der Waals surface area contributed by atoms with Crippen LogP contribution in [0.15, 0.2) is 0 Å². The van der Waals surface area contributed by atoms with Gasteiger partial charge in [-0.15, -0.1) is 11.3 Å². The Morgan fingerprint density at radius 1 is 1.45 bits per heavy atom. The van der Waals surface area contributed by atoms with Gasteiger partial charge in [0.1, 0.15) is 5.01 Å². The molecule has 114 valence electrons. The van der Waals surface area contributed by atoms with E-state index in [4.69, 9.17) is 4.98 Å². The minimum Gasteiger partial charge on any atom is -0.316 e. The maximum Gasteiger partial charge on any atom is 0.103 e. The molecule has 0 saturated heterocycles. The molecule has 0 aromatic carbocycles.